The van der Waals surface area contributed by atoms with Gasteiger partial charge in [0.1, 0.15) is 0 Å². The first-order valence-electron chi connectivity index (χ1n) is 8.06. The van der Waals surface area contributed by atoms with Crippen LogP contribution in [0.1, 0.15) is 26.3 Å². The van der Waals surface area contributed by atoms with Crippen LogP contribution in [0, 0.1) is 5.92 Å². The van der Waals surface area contributed by atoms with Gasteiger partial charge in [0.05, 0.1) is 0 Å². The summed E-state index contributed by atoms with van der Waals surface area (Å²) in [6, 6.07) is 6.68. The zero-order chi connectivity index (χ0) is 15.2. The molecule has 0 atom stereocenters. The Labute approximate surface area is 137 Å². The van der Waals surface area contributed by atoms with E-state index in [1.165, 1.54) is 28.8 Å². The lowest BCUT2D eigenvalue weighted by Gasteiger charge is -2.36. The number of nitrogens with zero attached hydrogens (tertiary/aromatic N) is 2. The normalized spacial score (nSPS) is 16.7. The van der Waals surface area contributed by atoms with Gasteiger partial charge in [0, 0.05) is 42.9 Å². The standard InChI is InChI=1S/C17H28BrN3/c1-4-20-7-9-21(10-8-20)17-6-5-16(18)11-15(17)13-19-12-14(2)3/h5-6,11,14,19H,4,7-10,12-13H2,1-3H3. The molecule has 0 amide bonds. The number of hydrogen-bond donors (Lipinski definition) is 1. The van der Waals surface area contributed by atoms with Crippen molar-refractivity contribution in [3.05, 3.63) is 28.2 Å². The molecular weight excluding hydrogens is 326 g/mol. The summed E-state index contributed by atoms with van der Waals surface area (Å²) < 4.78 is 1.17. The quantitative estimate of drug-likeness (QED) is 0.845. The molecule has 0 radical (unpaired) electrons. The van der Waals surface area contributed by atoms with Gasteiger partial charge in [-0.2, -0.15) is 0 Å². The van der Waals surface area contributed by atoms with E-state index in [2.05, 4.69) is 70.0 Å². The highest BCUT2D eigenvalue weighted by molar-refractivity contribution is 9.10. The number of piperazine rings is 1. The summed E-state index contributed by atoms with van der Waals surface area (Å²) in [5.41, 5.74) is 2.79. The fourth-order valence-electron chi connectivity index (χ4n) is 2.80. The maximum Gasteiger partial charge on any atom is 0.0413 e. The Morgan fingerprint density at radius 2 is 1.90 bits per heavy atom. The van der Waals surface area contributed by atoms with Crippen molar-refractivity contribution in [2.75, 3.05) is 44.2 Å². The summed E-state index contributed by atoms with van der Waals surface area (Å²) in [6.45, 7) is 14.5. The van der Waals surface area contributed by atoms with Crippen molar-refractivity contribution in [1.29, 1.82) is 0 Å². The predicted octanol–water partition coefficient (Wildman–Crippen LogP) is 3.34. The number of nitrogens with one attached hydrogen (secondary N) is 1. The van der Waals surface area contributed by atoms with E-state index >= 15 is 0 Å². The Bertz CT molecular complexity index is 440. The fraction of sp³-hybridized carbons (Fsp3) is 0.647. The second kappa shape index (κ2) is 8.16. The molecule has 0 spiro atoms. The summed E-state index contributed by atoms with van der Waals surface area (Å²) in [5.74, 6) is 0.689. The van der Waals surface area contributed by atoms with Gasteiger partial charge in [0.25, 0.3) is 0 Å². The van der Waals surface area contributed by atoms with Gasteiger partial charge in [-0.15, -0.1) is 0 Å². The summed E-state index contributed by atoms with van der Waals surface area (Å²) in [6.07, 6.45) is 0. The highest BCUT2D eigenvalue weighted by Gasteiger charge is 2.18. The molecular formula is C17H28BrN3. The molecule has 1 aliphatic rings. The molecule has 4 heteroatoms. The van der Waals surface area contributed by atoms with Crippen LogP contribution in [-0.2, 0) is 6.54 Å². The highest BCUT2D eigenvalue weighted by atomic mass is 79.9. The van der Waals surface area contributed by atoms with Crippen LogP contribution in [0.5, 0.6) is 0 Å². The number of hydrogen-bond acceptors (Lipinski definition) is 3. The van der Waals surface area contributed by atoms with E-state index < -0.39 is 0 Å². The van der Waals surface area contributed by atoms with Crippen LogP contribution in [0.4, 0.5) is 5.69 Å². The van der Waals surface area contributed by atoms with E-state index in [9.17, 15) is 0 Å². The Hall–Kier alpha value is -0.580. The molecule has 2 rings (SSSR count). The van der Waals surface area contributed by atoms with Crippen LogP contribution in [0.25, 0.3) is 0 Å². The van der Waals surface area contributed by atoms with E-state index in [1.807, 2.05) is 0 Å². The Morgan fingerprint density at radius 3 is 2.52 bits per heavy atom. The third kappa shape index (κ3) is 4.97. The largest absolute Gasteiger partial charge is 0.369 e. The third-order valence-corrected chi connectivity index (χ3v) is 4.56. The van der Waals surface area contributed by atoms with Crippen LogP contribution in [-0.4, -0.2) is 44.2 Å². The molecule has 118 valence electrons. The first-order chi connectivity index (χ1) is 10.1. The first kappa shape index (κ1) is 16.8. The third-order valence-electron chi connectivity index (χ3n) is 4.07. The van der Waals surface area contributed by atoms with Gasteiger partial charge in [-0.25, -0.2) is 0 Å². The van der Waals surface area contributed by atoms with Crippen molar-refractivity contribution >= 4 is 21.6 Å². The van der Waals surface area contributed by atoms with Gasteiger partial charge in [0.2, 0.25) is 0 Å². The Morgan fingerprint density at radius 1 is 1.19 bits per heavy atom. The molecule has 1 aromatic rings. The predicted molar refractivity (Wildman–Crippen MR) is 95.0 cm³/mol. The molecule has 1 saturated heterocycles. The van der Waals surface area contributed by atoms with Crippen molar-refractivity contribution < 1.29 is 0 Å². The Balaban J connectivity index is 2.04. The smallest absolute Gasteiger partial charge is 0.0413 e. The fourth-order valence-corrected chi connectivity index (χ4v) is 3.21. The summed E-state index contributed by atoms with van der Waals surface area (Å²) in [5, 5.41) is 3.57. The first-order valence-corrected chi connectivity index (χ1v) is 8.86. The minimum Gasteiger partial charge on any atom is -0.369 e. The van der Waals surface area contributed by atoms with E-state index in [0.29, 0.717) is 5.92 Å². The van der Waals surface area contributed by atoms with Crippen LogP contribution in [0.3, 0.4) is 0 Å². The molecule has 0 aliphatic carbocycles. The van der Waals surface area contributed by atoms with Crippen molar-refractivity contribution in [2.45, 2.75) is 27.3 Å². The number of benzene rings is 1. The zero-order valence-electron chi connectivity index (χ0n) is 13.5. The van der Waals surface area contributed by atoms with Crippen LogP contribution in [0.2, 0.25) is 0 Å². The zero-order valence-corrected chi connectivity index (χ0v) is 15.1. The maximum absolute atomic E-state index is 3.61. The van der Waals surface area contributed by atoms with Crippen molar-refractivity contribution in [3.63, 3.8) is 0 Å². The van der Waals surface area contributed by atoms with Crippen molar-refractivity contribution in [2.24, 2.45) is 5.92 Å². The van der Waals surface area contributed by atoms with Gasteiger partial charge in [-0.1, -0.05) is 36.7 Å². The lowest BCUT2D eigenvalue weighted by molar-refractivity contribution is 0.271. The highest BCUT2D eigenvalue weighted by Crippen LogP contribution is 2.25. The summed E-state index contributed by atoms with van der Waals surface area (Å²) >= 11 is 3.61. The van der Waals surface area contributed by atoms with E-state index in [0.717, 1.165) is 32.7 Å². The number of halogens is 1. The lowest BCUT2D eigenvalue weighted by atomic mass is 10.1. The van der Waals surface area contributed by atoms with Crippen LogP contribution >= 0.6 is 15.9 Å². The second-order valence-electron chi connectivity index (χ2n) is 6.22. The molecule has 1 aliphatic heterocycles. The number of anilines is 1. The van der Waals surface area contributed by atoms with Crippen LogP contribution < -0.4 is 10.2 Å². The van der Waals surface area contributed by atoms with Crippen molar-refractivity contribution in [1.82, 2.24) is 10.2 Å². The van der Waals surface area contributed by atoms with E-state index in [1.54, 1.807) is 0 Å². The van der Waals surface area contributed by atoms with Gasteiger partial charge in [0.15, 0.2) is 0 Å². The average molecular weight is 354 g/mol. The summed E-state index contributed by atoms with van der Waals surface area (Å²) in [7, 11) is 0. The topological polar surface area (TPSA) is 18.5 Å². The van der Waals surface area contributed by atoms with E-state index in [-0.39, 0.29) is 0 Å². The number of likely N-dealkylation sites (N-methyl/N-ethyl adjacent to an activating group) is 1. The van der Waals surface area contributed by atoms with Gasteiger partial charge >= 0.3 is 0 Å². The molecule has 21 heavy (non-hydrogen) atoms. The molecule has 0 unspecified atom stereocenters. The van der Waals surface area contributed by atoms with E-state index in [4.69, 9.17) is 0 Å². The molecule has 0 aromatic heterocycles. The molecule has 3 nitrogen and oxygen atoms in total. The Kier molecular flexibility index (Phi) is 6.52. The SMILES string of the molecule is CCN1CCN(c2ccc(Br)cc2CNCC(C)C)CC1. The average Bonchev–Trinajstić information content (AvgIpc) is 2.47. The minimum absolute atomic E-state index is 0.689. The maximum atomic E-state index is 3.61. The van der Waals surface area contributed by atoms with Gasteiger partial charge in [-0.3, -0.25) is 0 Å². The summed E-state index contributed by atoms with van der Waals surface area (Å²) in [4.78, 5) is 5.05. The molecule has 1 N–H and O–H groups in total. The second-order valence-corrected chi connectivity index (χ2v) is 7.13. The molecule has 1 heterocycles. The van der Waals surface area contributed by atoms with Crippen molar-refractivity contribution in [3.8, 4) is 0 Å². The van der Waals surface area contributed by atoms with Gasteiger partial charge in [-0.05, 0) is 42.8 Å². The molecule has 0 bridgehead atoms. The number of rotatable bonds is 6. The minimum atomic E-state index is 0.689. The molecule has 0 saturated carbocycles. The van der Waals surface area contributed by atoms with Gasteiger partial charge < -0.3 is 15.1 Å². The van der Waals surface area contributed by atoms with Crippen LogP contribution in [0.15, 0.2) is 22.7 Å². The molecule has 1 fully saturated rings. The lowest BCUT2D eigenvalue weighted by Crippen LogP contribution is -2.46. The molecule has 1 aromatic carbocycles. The monoisotopic (exact) mass is 353 g/mol.